The van der Waals surface area contributed by atoms with E-state index in [1.54, 1.807) is 62.6 Å². The van der Waals surface area contributed by atoms with E-state index in [0.717, 1.165) is 0 Å². The van der Waals surface area contributed by atoms with Gasteiger partial charge in [0.25, 0.3) is 11.8 Å². The predicted molar refractivity (Wildman–Crippen MR) is 105 cm³/mol. The number of benzene rings is 2. The molecule has 0 saturated carbocycles. The van der Waals surface area contributed by atoms with Crippen LogP contribution in [0.1, 0.15) is 30.6 Å². The minimum absolute atomic E-state index is 0.0429. The van der Waals surface area contributed by atoms with Crippen molar-refractivity contribution in [3.05, 3.63) is 60.2 Å². The van der Waals surface area contributed by atoms with Gasteiger partial charge in [-0.15, -0.1) is 0 Å². The average Bonchev–Trinajstić information content (AvgIpc) is 2.68. The molecule has 0 bridgehead atoms. The normalized spacial score (nSPS) is 12.4. The zero-order valence-corrected chi connectivity index (χ0v) is 16.1. The van der Waals surface area contributed by atoms with Gasteiger partial charge in [-0.3, -0.25) is 14.4 Å². The Morgan fingerprint density at radius 3 is 2.21 bits per heavy atom. The fraction of sp³-hybridized carbons (Fsp3) is 0.286. The molecule has 0 spiro atoms. The van der Waals surface area contributed by atoms with Crippen LogP contribution in [0.2, 0.25) is 0 Å². The number of carbonyl (C=O) groups is 3. The van der Waals surface area contributed by atoms with Crippen LogP contribution < -0.4 is 15.4 Å². The topological polar surface area (TPSA) is 93.7 Å². The molecule has 7 heteroatoms. The van der Waals surface area contributed by atoms with Crippen LogP contribution >= 0.6 is 0 Å². The third-order valence-corrected chi connectivity index (χ3v) is 3.92. The Bertz CT molecular complexity index is 805. The summed E-state index contributed by atoms with van der Waals surface area (Å²) < 4.78 is 10.2. The lowest BCUT2D eigenvalue weighted by Crippen LogP contribution is -2.36. The van der Waals surface area contributed by atoms with Gasteiger partial charge in [0.15, 0.2) is 6.10 Å². The quantitative estimate of drug-likeness (QED) is 0.683. The van der Waals surface area contributed by atoms with Crippen molar-refractivity contribution in [3.8, 4) is 5.75 Å². The lowest BCUT2D eigenvalue weighted by atomic mass is 10.2. The van der Waals surface area contributed by atoms with Gasteiger partial charge in [-0.1, -0.05) is 18.2 Å². The van der Waals surface area contributed by atoms with Crippen molar-refractivity contribution < 1.29 is 23.9 Å². The molecular weight excluding hydrogens is 360 g/mol. The van der Waals surface area contributed by atoms with E-state index >= 15 is 0 Å². The van der Waals surface area contributed by atoms with Crippen molar-refractivity contribution in [2.45, 2.75) is 32.4 Å². The van der Waals surface area contributed by atoms with Crippen LogP contribution in [0.5, 0.6) is 5.75 Å². The van der Waals surface area contributed by atoms with E-state index in [4.69, 9.17) is 9.47 Å². The maximum absolute atomic E-state index is 12.2. The molecule has 0 fully saturated rings. The van der Waals surface area contributed by atoms with Crippen molar-refractivity contribution in [3.63, 3.8) is 0 Å². The highest BCUT2D eigenvalue weighted by molar-refractivity contribution is 5.95. The van der Waals surface area contributed by atoms with E-state index in [0.29, 0.717) is 17.0 Å². The van der Waals surface area contributed by atoms with Crippen LogP contribution in [0.3, 0.4) is 0 Å². The lowest BCUT2D eigenvalue weighted by Gasteiger charge is -2.16. The van der Waals surface area contributed by atoms with Crippen molar-refractivity contribution in [1.29, 1.82) is 0 Å². The second kappa shape index (κ2) is 10.1. The molecule has 2 N–H and O–H groups in total. The number of hydrogen-bond donors (Lipinski definition) is 2. The highest BCUT2D eigenvalue weighted by Crippen LogP contribution is 2.15. The second-order valence-electron chi connectivity index (χ2n) is 6.29. The summed E-state index contributed by atoms with van der Waals surface area (Å²) in [4.78, 5) is 36.3. The molecule has 2 aromatic carbocycles. The Labute approximate surface area is 164 Å². The summed E-state index contributed by atoms with van der Waals surface area (Å²) in [5.74, 6) is -0.618. The van der Waals surface area contributed by atoms with Crippen LogP contribution in [-0.4, -0.2) is 37.0 Å². The van der Waals surface area contributed by atoms with Gasteiger partial charge in [0.2, 0.25) is 0 Å². The number of nitrogens with one attached hydrogen (secondary N) is 2. The molecule has 0 radical (unpaired) electrons. The monoisotopic (exact) mass is 384 g/mol. The fourth-order valence-electron chi connectivity index (χ4n) is 2.41. The zero-order valence-electron chi connectivity index (χ0n) is 16.1. The van der Waals surface area contributed by atoms with Crippen LogP contribution in [-0.2, 0) is 14.3 Å². The number of ether oxygens (including phenoxy) is 2. The van der Waals surface area contributed by atoms with Crippen molar-refractivity contribution in [2.24, 2.45) is 0 Å². The summed E-state index contributed by atoms with van der Waals surface area (Å²) in [6.45, 7) is 3.19. The van der Waals surface area contributed by atoms with Crippen molar-refractivity contribution >= 4 is 23.5 Å². The number of amides is 2. The standard InChI is InChI=1S/C21H24N2O5/c1-14(22-21(26)16-7-5-4-6-8-16)13-19(24)28-15(2)20(25)23-17-9-11-18(27-3)12-10-17/h4-12,14-15H,13H2,1-3H3,(H,22,26)(H,23,25). The Morgan fingerprint density at radius 2 is 1.61 bits per heavy atom. The number of rotatable bonds is 8. The molecule has 2 aromatic rings. The maximum atomic E-state index is 12.2. The Morgan fingerprint density at radius 1 is 0.964 bits per heavy atom. The van der Waals surface area contributed by atoms with Crippen LogP contribution in [0.4, 0.5) is 5.69 Å². The molecule has 0 saturated heterocycles. The smallest absolute Gasteiger partial charge is 0.308 e. The third-order valence-electron chi connectivity index (χ3n) is 3.92. The van der Waals surface area contributed by atoms with Crippen LogP contribution in [0.15, 0.2) is 54.6 Å². The number of hydrogen-bond acceptors (Lipinski definition) is 5. The van der Waals surface area contributed by atoms with E-state index < -0.39 is 24.0 Å². The molecule has 7 nitrogen and oxygen atoms in total. The molecule has 0 heterocycles. The van der Waals surface area contributed by atoms with E-state index in [1.807, 2.05) is 6.07 Å². The van der Waals surface area contributed by atoms with Crippen LogP contribution in [0, 0.1) is 0 Å². The van der Waals surface area contributed by atoms with E-state index in [-0.39, 0.29) is 12.3 Å². The summed E-state index contributed by atoms with van der Waals surface area (Å²) in [5.41, 5.74) is 1.08. The number of esters is 1. The number of carbonyl (C=O) groups excluding carboxylic acids is 3. The third kappa shape index (κ3) is 6.42. The zero-order chi connectivity index (χ0) is 20.5. The van der Waals surface area contributed by atoms with Crippen molar-refractivity contribution in [1.82, 2.24) is 5.32 Å². The summed E-state index contributed by atoms with van der Waals surface area (Å²) in [7, 11) is 1.55. The molecular formula is C21H24N2O5. The molecule has 2 unspecified atom stereocenters. The first kappa shape index (κ1) is 21.0. The summed E-state index contributed by atoms with van der Waals surface area (Å²) in [5, 5.41) is 5.39. The van der Waals surface area contributed by atoms with Gasteiger partial charge >= 0.3 is 5.97 Å². The first-order valence-electron chi connectivity index (χ1n) is 8.89. The van der Waals surface area contributed by atoms with Gasteiger partial charge in [0.1, 0.15) is 5.75 Å². The molecule has 2 rings (SSSR count). The summed E-state index contributed by atoms with van der Waals surface area (Å²) >= 11 is 0. The van der Waals surface area contributed by atoms with Gasteiger partial charge in [-0.2, -0.15) is 0 Å². The van der Waals surface area contributed by atoms with Gasteiger partial charge < -0.3 is 20.1 Å². The molecule has 2 atom stereocenters. The Kier molecular flexibility index (Phi) is 7.56. The maximum Gasteiger partial charge on any atom is 0.308 e. The van der Waals surface area contributed by atoms with Gasteiger partial charge in [0, 0.05) is 17.3 Å². The molecule has 148 valence electrons. The van der Waals surface area contributed by atoms with E-state index in [9.17, 15) is 14.4 Å². The van der Waals surface area contributed by atoms with Crippen molar-refractivity contribution in [2.75, 3.05) is 12.4 Å². The Balaban J connectivity index is 1.78. The average molecular weight is 384 g/mol. The summed E-state index contributed by atoms with van der Waals surface area (Å²) in [6.07, 6.45) is -1.01. The van der Waals surface area contributed by atoms with E-state index in [1.165, 1.54) is 6.92 Å². The highest BCUT2D eigenvalue weighted by atomic mass is 16.5. The molecule has 2 amide bonds. The fourth-order valence-corrected chi connectivity index (χ4v) is 2.41. The molecule has 0 aromatic heterocycles. The highest BCUT2D eigenvalue weighted by Gasteiger charge is 2.20. The molecule has 0 aliphatic rings. The summed E-state index contributed by atoms with van der Waals surface area (Å²) in [6, 6.07) is 15.1. The van der Waals surface area contributed by atoms with E-state index in [2.05, 4.69) is 10.6 Å². The Hall–Kier alpha value is -3.35. The van der Waals surface area contributed by atoms with Gasteiger partial charge in [0.05, 0.1) is 13.5 Å². The molecule has 28 heavy (non-hydrogen) atoms. The minimum Gasteiger partial charge on any atom is -0.497 e. The largest absolute Gasteiger partial charge is 0.497 e. The SMILES string of the molecule is COc1ccc(NC(=O)C(C)OC(=O)CC(C)NC(=O)c2ccccc2)cc1. The first-order valence-corrected chi connectivity index (χ1v) is 8.89. The number of anilines is 1. The van der Waals surface area contributed by atoms with Gasteiger partial charge in [-0.05, 0) is 50.2 Å². The minimum atomic E-state index is -0.966. The second-order valence-corrected chi connectivity index (χ2v) is 6.29. The van der Waals surface area contributed by atoms with Crippen LogP contribution in [0.25, 0.3) is 0 Å². The molecule has 0 aliphatic carbocycles. The molecule has 0 aliphatic heterocycles. The number of methoxy groups -OCH3 is 1. The first-order chi connectivity index (χ1) is 13.4. The van der Waals surface area contributed by atoms with Gasteiger partial charge in [-0.25, -0.2) is 0 Å². The lowest BCUT2D eigenvalue weighted by molar-refractivity contribution is -0.153. The predicted octanol–water partition coefficient (Wildman–Crippen LogP) is 2.77.